The number of benzene rings is 1. The molecule has 1 rings (SSSR count). The van der Waals surface area contributed by atoms with Crippen molar-refractivity contribution in [2.45, 2.75) is 96.1 Å². The van der Waals surface area contributed by atoms with Crippen LogP contribution in [-0.4, -0.2) is 28.8 Å². The third kappa shape index (κ3) is 10.7. The minimum atomic E-state index is -0.952. The minimum Gasteiger partial charge on any atom is -0.399 e. The summed E-state index contributed by atoms with van der Waals surface area (Å²) in [7, 11) is 0. The van der Waals surface area contributed by atoms with E-state index in [-0.39, 0.29) is 12.5 Å². The third-order valence-electron chi connectivity index (χ3n) is 5.21. The van der Waals surface area contributed by atoms with Crippen LogP contribution < -0.4 is 11.1 Å². The number of rotatable bonds is 16. The highest BCUT2D eigenvalue weighted by molar-refractivity contribution is 5.76. The summed E-state index contributed by atoms with van der Waals surface area (Å²) in [6.07, 6.45) is 13.1. The van der Waals surface area contributed by atoms with Gasteiger partial charge in [-0.15, -0.1) is 0 Å². The Bertz CT molecular complexity index is 519. The van der Waals surface area contributed by atoms with Crippen molar-refractivity contribution >= 4 is 11.6 Å². The number of carbonyl (C=O) groups excluding carboxylic acids is 1. The fourth-order valence-corrected chi connectivity index (χ4v) is 3.38. The van der Waals surface area contributed by atoms with E-state index >= 15 is 0 Å². The number of unbranched alkanes of at least 4 members (excludes halogenated alkanes) is 10. The molecule has 0 radical (unpaired) electrons. The van der Waals surface area contributed by atoms with Gasteiger partial charge in [-0.25, -0.2) is 0 Å². The van der Waals surface area contributed by atoms with Crippen LogP contribution in [0, 0.1) is 0 Å². The predicted octanol–water partition coefficient (Wildman–Crippen LogP) is 4.48. The lowest BCUT2D eigenvalue weighted by atomic mass is 10.0. The second kappa shape index (κ2) is 15.3. The summed E-state index contributed by atoms with van der Waals surface area (Å²) in [5.74, 6) is -0.121. The molecule has 5 N–H and O–H groups in total. The van der Waals surface area contributed by atoms with Crippen molar-refractivity contribution in [2.75, 3.05) is 12.3 Å². The lowest BCUT2D eigenvalue weighted by molar-refractivity contribution is -0.123. The van der Waals surface area contributed by atoms with Crippen molar-refractivity contribution in [3.8, 4) is 0 Å². The van der Waals surface area contributed by atoms with Crippen LogP contribution in [-0.2, 0) is 4.79 Å². The highest BCUT2D eigenvalue weighted by atomic mass is 16.3. The van der Waals surface area contributed by atoms with Gasteiger partial charge in [0, 0.05) is 12.1 Å². The SMILES string of the molecule is CCCCCCCCCCCCCC(=O)N[C@H](CO)[C@H](O)c1ccc(N)cc1. The van der Waals surface area contributed by atoms with Crippen molar-refractivity contribution < 1.29 is 15.0 Å². The van der Waals surface area contributed by atoms with Gasteiger partial charge in [0.05, 0.1) is 12.6 Å². The zero-order valence-corrected chi connectivity index (χ0v) is 17.5. The van der Waals surface area contributed by atoms with Crippen LogP contribution in [0.15, 0.2) is 24.3 Å². The molecule has 0 heterocycles. The molecule has 28 heavy (non-hydrogen) atoms. The Balaban J connectivity index is 2.12. The zero-order valence-electron chi connectivity index (χ0n) is 17.5. The van der Waals surface area contributed by atoms with E-state index in [1.165, 1.54) is 57.8 Å². The quantitative estimate of drug-likeness (QED) is 0.246. The first-order valence-corrected chi connectivity index (χ1v) is 11.0. The molecule has 0 saturated carbocycles. The fraction of sp³-hybridized carbons (Fsp3) is 0.696. The number of hydrogen-bond donors (Lipinski definition) is 4. The van der Waals surface area contributed by atoms with Gasteiger partial charge in [0.25, 0.3) is 0 Å². The average Bonchev–Trinajstić information content (AvgIpc) is 2.70. The van der Waals surface area contributed by atoms with Crippen molar-refractivity contribution in [1.82, 2.24) is 5.32 Å². The Morgan fingerprint density at radius 2 is 1.43 bits per heavy atom. The number of anilines is 1. The number of amides is 1. The van der Waals surface area contributed by atoms with Gasteiger partial charge in [-0.1, -0.05) is 83.3 Å². The summed E-state index contributed by atoms with van der Waals surface area (Å²) in [6, 6.07) is 6.10. The lowest BCUT2D eigenvalue weighted by Crippen LogP contribution is -2.41. The molecule has 0 aliphatic carbocycles. The standard InChI is InChI=1S/C23H40N2O3/c1-2-3-4-5-6-7-8-9-10-11-12-13-22(27)25-21(18-26)23(28)19-14-16-20(24)17-15-19/h14-17,21,23,26,28H,2-13,18,24H2,1H3,(H,25,27)/t21-,23-/m1/s1. The number of aliphatic hydroxyl groups is 2. The van der Waals surface area contributed by atoms with Gasteiger partial charge in [0.1, 0.15) is 6.10 Å². The summed E-state index contributed by atoms with van der Waals surface area (Å²) >= 11 is 0. The van der Waals surface area contributed by atoms with E-state index in [1.54, 1.807) is 24.3 Å². The van der Waals surface area contributed by atoms with Crippen molar-refractivity contribution in [2.24, 2.45) is 0 Å². The predicted molar refractivity (Wildman–Crippen MR) is 116 cm³/mol. The molecule has 1 amide bonds. The van der Waals surface area contributed by atoms with Crippen LogP contribution in [0.1, 0.15) is 95.6 Å². The first kappa shape index (κ1) is 24.4. The van der Waals surface area contributed by atoms with Crippen molar-refractivity contribution in [3.05, 3.63) is 29.8 Å². The monoisotopic (exact) mass is 392 g/mol. The number of nitrogens with two attached hydrogens (primary N) is 1. The van der Waals surface area contributed by atoms with E-state index in [0.717, 1.165) is 12.8 Å². The molecule has 160 valence electrons. The van der Waals surface area contributed by atoms with E-state index < -0.39 is 12.1 Å². The van der Waals surface area contributed by atoms with Crippen LogP contribution in [0.3, 0.4) is 0 Å². The van der Waals surface area contributed by atoms with Crippen LogP contribution in [0.4, 0.5) is 5.69 Å². The zero-order chi connectivity index (χ0) is 20.6. The molecule has 5 heteroatoms. The Morgan fingerprint density at radius 1 is 0.929 bits per heavy atom. The first-order valence-electron chi connectivity index (χ1n) is 11.0. The van der Waals surface area contributed by atoms with Crippen LogP contribution in [0.2, 0.25) is 0 Å². The minimum absolute atomic E-state index is 0.121. The summed E-state index contributed by atoms with van der Waals surface area (Å²) in [5, 5.41) is 22.6. The highest BCUT2D eigenvalue weighted by Gasteiger charge is 2.21. The van der Waals surface area contributed by atoms with E-state index in [0.29, 0.717) is 17.7 Å². The van der Waals surface area contributed by atoms with Gasteiger partial charge in [0.15, 0.2) is 0 Å². The first-order chi connectivity index (χ1) is 13.6. The van der Waals surface area contributed by atoms with Crippen LogP contribution in [0.5, 0.6) is 0 Å². The Hall–Kier alpha value is -1.59. The lowest BCUT2D eigenvalue weighted by Gasteiger charge is -2.22. The molecule has 0 saturated heterocycles. The molecule has 0 aliphatic rings. The molecular formula is C23H40N2O3. The normalized spacial score (nSPS) is 13.2. The van der Waals surface area contributed by atoms with Crippen LogP contribution >= 0.6 is 0 Å². The van der Waals surface area contributed by atoms with Gasteiger partial charge in [-0.3, -0.25) is 4.79 Å². The maximum atomic E-state index is 12.1. The largest absolute Gasteiger partial charge is 0.399 e. The number of carbonyl (C=O) groups is 1. The summed E-state index contributed by atoms with van der Waals surface area (Å²) in [5.41, 5.74) is 6.88. The van der Waals surface area contributed by atoms with Gasteiger partial charge in [-0.05, 0) is 24.1 Å². The molecule has 5 nitrogen and oxygen atoms in total. The van der Waals surface area contributed by atoms with Crippen molar-refractivity contribution in [3.63, 3.8) is 0 Å². The summed E-state index contributed by atoms with van der Waals surface area (Å²) in [4.78, 5) is 12.1. The Labute approximate surface area is 170 Å². The second-order valence-electron chi connectivity index (χ2n) is 7.75. The third-order valence-corrected chi connectivity index (χ3v) is 5.21. The maximum Gasteiger partial charge on any atom is 0.220 e. The summed E-state index contributed by atoms with van der Waals surface area (Å²) < 4.78 is 0. The molecule has 0 bridgehead atoms. The molecule has 1 aromatic carbocycles. The number of aliphatic hydroxyl groups excluding tert-OH is 2. The van der Waals surface area contributed by atoms with Crippen LogP contribution in [0.25, 0.3) is 0 Å². The molecule has 0 aromatic heterocycles. The topological polar surface area (TPSA) is 95.6 Å². The van der Waals surface area contributed by atoms with Gasteiger partial charge >= 0.3 is 0 Å². The molecule has 0 aliphatic heterocycles. The molecule has 0 spiro atoms. The van der Waals surface area contributed by atoms with Gasteiger partial charge in [0.2, 0.25) is 5.91 Å². The van der Waals surface area contributed by atoms with E-state index in [2.05, 4.69) is 12.2 Å². The second-order valence-corrected chi connectivity index (χ2v) is 7.75. The molecule has 0 fully saturated rings. The van der Waals surface area contributed by atoms with Crippen molar-refractivity contribution in [1.29, 1.82) is 0 Å². The average molecular weight is 393 g/mol. The molecule has 0 unspecified atom stereocenters. The molecular weight excluding hydrogens is 352 g/mol. The van der Waals surface area contributed by atoms with E-state index in [4.69, 9.17) is 5.73 Å². The molecule has 1 aromatic rings. The van der Waals surface area contributed by atoms with Gasteiger partial charge < -0.3 is 21.3 Å². The Morgan fingerprint density at radius 3 is 1.93 bits per heavy atom. The molecule has 2 atom stereocenters. The van der Waals surface area contributed by atoms with E-state index in [9.17, 15) is 15.0 Å². The highest BCUT2D eigenvalue weighted by Crippen LogP contribution is 2.18. The Kier molecular flexibility index (Phi) is 13.4. The summed E-state index contributed by atoms with van der Waals surface area (Å²) in [6.45, 7) is 1.93. The fourth-order valence-electron chi connectivity index (χ4n) is 3.38. The number of nitrogen functional groups attached to an aromatic ring is 1. The van der Waals surface area contributed by atoms with Gasteiger partial charge in [-0.2, -0.15) is 0 Å². The number of nitrogens with one attached hydrogen (secondary N) is 1. The van der Waals surface area contributed by atoms with E-state index in [1.807, 2.05) is 0 Å². The number of hydrogen-bond acceptors (Lipinski definition) is 4. The smallest absolute Gasteiger partial charge is 0.220 e. The maximum absolute atomic E-state index is 12.1.